The summed E-state index contributed by atoms with van der Waals surface area (Å²) in [6.07, 6.45) is 0. The zero-order valence-electron chi connectivity index (χ0n) is 20.8. The summed E-state index contributed by atoms with van der Waals surface area (Å²) in [6, 6.07) is 23.0. The average molecular weight is 530 g/mol. The third kappa shape index (κ3) is 5.14. The Bertz CT molecular complexity index is 1420. The van der Waals surface area contributed by atoms with Gasteiger partial charge in [-0.1, -0.05) is 65.5 Å². The first kappa shape index (κ1) is 25.1. The summed E-state index contributed by atoms with van der Waals surface area (Å²) in [7, 11) is 0. The highest BCUT2D eigenvalue weighted by Crippen LogP contribution is 2.48. The number of aromatic nitrogens is 3. The maximum Gasteiger partial charge on any atom is 0.251 e. The molecule has 0 saturated carbocycles. The fourth-order valence-corrected chi connectivity index (χ4v) is 6.24. The molecule has 0 fully saturated rings. The standard InChI is InChI=1S/C28H27N5O2S2/c1-4-32-26(19(3)29-27(35)20-11-9-10-18(2)16-20)30-31-28(32)36-17-25(34)33-21-12-5-7-14-23(21)37-24-15-8-6-13-22(24)33/h5-16,19H,4,17H2,1-3H3,(H,29,35)/t19-/m1/s1. The molecule has 1 aliphatic rings. The number of amides is 2. The van der Waals surface area contributed by atoms with Gasteiger partial charge in [0.1, 0.15) is 0 Å². The highest BCUT2D eigenvalue weighted by molar-refractivity contribution is 8.00. The number of nitrogens with one attached hydrogen (secondary N) is 1. The molecule has 0 radical (unpaired) electrons. The van der Waals surface area contributed by atoms with E-state index in [0.29, 0.717) is 23.1 Å². The van der Waals surface area contributed by atoms with Crippen molar-refractivity contribution in [3.05, 3.63) is 89.7 Å². The first-order valence-corrected chi connectivity index (χ1v) is 13.9. The number of carbonyl (C=O) groups is 2. The molecule has 0 spiro atoms. The molecule has 0 saturated heterocycles. The number of nitrogens with zero attached hydrogens (tertiary/aromatic N) is 4. The van der Waals surface area contributed by atoms with E-state index in [9.17, 15) is 9.59 Å². The highest BCUT2D eigenvalue weighted by Gasteiger charge is 2.28. The van der Waals surface area contributed by atoms with Crippen LogP contribution in [-0.2, 0) is 11.3 Å². The summed E-state index contributed by atoms with van der Waals surface area (Å²) in [5, 5.41) is 12.4. The molecule has 37 heavy (non-hydrogen) atoms. The van der Waals surface area contributed by atoms with Gasteiger partial charge in [-0.3, -0.25) is 14.5 Å². The summed E-state index contributed by atoms with van der Waals surface area (Å²) in [5.74, 6) is 0.670. The molecule has 4 aromatic rings. The molecule has 2 heterocycles. The van der Waals surface area contributed by atoms with Crippen molar-refractivity contribution in [2.45, 2.75) is 48.3 Å². The predicted octanol–water partition coefficient (Wildman–Crippen LogP) is 6.02. The predicted molar refractivity (Wildman–Crippen MR) is 148 cm³/mol. The molecule has 0 unspecified atom stereocenters. The van der Waals surface area contributed by atoms with E-state index in [2.05, 4.69) is 15.5 Å². The van der Waals surface area contributed by atoms with Gasteiger partial charge in [-0.05, 0) is 57.2 Å². The van der Waals surface area contributed by atoms with Crippen LogP contribution in [0.1, 0.15) is 41.6 Å². The van der Waals surface area contributed by atoms with Crippen molar-refractivity contribution in [1.82, 2.24) is 20.1 Å². The van der Waals surface area contributed by atoms with Crippen molar-refractivity contribution in [2.24, 2.45) is 0 Å². The number of anilines is 2. The minimum absolute atomic E-state index is 0.0294. The third-order valence-electron chi connectivity index (χ3n) is 6.08. The van der Waals surface area contributed by atoms with E-state index < -0.39 is 0 Å². The lowest BCUT2D eigenvalue weighted by Crippen LogP contribution is -2.30. The zero-order chi connectivity index (χ0) is 25.9. The number of thioether (sulfide) groups is 1. The van der Waals surface area contributed by atoms with E-state index in [0.717, 1.165) is 26.7 Å². The molecule has 7 nitrogen and oxygen atoms in total. The van der Waals surface area contributed by atoms with Crippen LogP contribution in [0, 0.1) is 6.92 Å². The van der Waals surface area contributed by atoms with Gasteiger partial charge >= 0.3 is 0 Å². The molecular formula is C28H27N5O2S2. The Morgan fingerprint density at radius 2 is 1.65 bits per heavy atom. The van der Waals surface area contributed by atoms with Crippen LogP contribution in [0.15, 0.2) is 87.7 Å². The maximum absolute atomic E-state index is 13.5. The molecule has 1 aliphatic heterocycles. The van der Waals surface area contributed by atoms with Gasteiger partial charge in [-0.15, -0.1) is 10.2 Å². The highest BCUT2D eigenvalue weighted by atomic mass is 32.2. The number of fused-ring (bicyclic) bond motifs is 2. The van der Waals surface area contributed by atoms with Gasteiger partial charge in [0.2, 0.25) is 5.91 Å². The normalized spacial score (nSPS) is 13.0. The minimum Gasteiger partial charge on any atom is -0.342 e. The third-order valence-corrected chi connectivity index (χ3v) is 8.17. The topological polar surface area (TPSA) is 80.1 Å². The van der Waals surface area contributed by atoms with Gasteiger partial charge in [0.25, 0.3) is 5.91 Å². The smallest absolute Gasteiger partial charge is 0.251 e. The molecular weight excluding hydrogens is 502 g/mol. The monoisotopic (exact) mass is 529 g/mol. The molecule has 5 rings (SSSR count). The number of hydrogen-bond acceptors (Lipinski definition) is 6. The summed E-state index contributed by atoms with van der Waals surface area (Å²) in [4.78, 5) is 30.2. The van der Waals surface area contributed by atoms with Crippen LogP contribution in [0.25, 0.3) is 0 Å². The zero-order valence-corrected chi connectivity index (χ0v) is 22.5. The van der Waals surface area contributed by atoms with E-state index in [4.69, 9.17) is 0 Å². The second kappa shape index (κ2) is 10.8. The SMILES string of the molecule is CCn1c(SCC(=O)N2c3ccccc3Sc3ccccc32)nnc1[C@@H](C)NC(=O)c1cccc(C)c1. The molecule has 0 bridgehead atoms. The Labute approximate surface area is 224 Å². The van der Waals surface area contributed by atoms with Gasteiger partial charge < -0.3 is 9.88 Å². The molecule has 2 amide bonds. The second-order valence-electron chi connectivity index (χ2n) is 8.70. The van der Waals surface area contributed by atoms with Gasteiger partial charge in [0.05, 0.1) is 23.2 Å². The van der Waals surface area contributed by atoms with Gasteiger partial charge in [-0.25, -0.2) is 0 Å². The molecule has 9 heteroatoms. The van der Waals surface area contributed by atoms with E-state index >= 15 is 0 Å². The van der Waals surface area contributed by atoms with E-state index in [1.54, 1.807) is 22.7 Å². The van der Waals surface area contributed by atoms with Crippen LogP contribution >= 0.6 is 23.5 Å². The van der Waals surface area contributed by atoms with E-state index in [1.807, 2.05) is 92.1 Å². The molecule has 1 atom stereocenters. The second-order valence-corrected chi connectivity index (χ2v) is 10.7. The Kier molecular flexibility index (Phi) is 7.34. The maximum atomic E-state index is 13.5. The fourth-order valence-electron chi connectivity index (χ4n) is 4.32. The summed E-state index contributed by atoms with van der Waals surface area (Å²) < 4.78 is 1.95. The summed E-state index contributed by atoms with van der Waals surface area (Å²) >= 11 is 3.03. The quantitative estimate of drug-likeness (QED) is 0.295. The first-order chi connectivity index (χ1) is 18.0. The molecule has 1 N–H and O–H groups in total. The number of para-hydroxylation sites is 2. The number of rotatable bonds is 7. The van der Waals surface area contributed by atoms with Crippen molar-refractivity contribution < 1.29 is 9.59 Å². The lowest BCUT2D eigenvalue weighted by Gasteiger charge is -2.30. The van der Waals surface area contributed by atoms with Crippen LogP contribution in [0.4, 0.5) is 11.4 Å². The minimum atomic E-state index is -0.344. The van der Waals surface area contributed by atoms with Crippen molar-refractivity contribution in [2.75, 3.05) is 10.7 Å². The lowest BCUT2D eigenvalue weighted by molar-refractivity contribution is -0.115. The summed E-state index contributed by atoms with van der Waals surface area (Å²) in [6.45, 7) is 6.47. The number of hydrogen-bond donors (Lipinski definition) is 1. The van der Waals surface area contributed by atoms with E-state index in [-0.39, 0.29) is 23.6 Å². The lowest BCUT2D eigenvalue weighted by atomic mass is 10.1. The van der Waals surface area contributed by atoms with Crippen molar-refractivity contribution in [1.29, 1.82) is 0 Å². The Hall–Kier alpha value is -3.56. The average Bonchev–Trinajstić information content (AvgIpc) is 3.33. The largest absolute Gasteiger partial charge is 0.342 e. The number of benzene rings is 3. The van der Waals surface area contributed by atoms with Crippen molar-refractivity contribution in [3.63, 3.8) is 0 Å². The van der Waals surface area contributed by atoms with Crippen LogP contribution in [-0.4, -0.2) is 32.3 Å². The molecule has 188 valence electrons. The van der Waals surface area contributed by atoms with Gasteiger partial charge in [0, 0.05) is 21.9 Å². The van der Waals surface area contributed by atoms with Crippen LogP contribution in [0.3, 0.4) is 0 Å². The van der Waals surface area contributed by atoms with Crippen molar-refractivity contribution in [3.8, 4) is 0 Å². The van der Waals surface area contributed by atoms with Crippen LogP contribution < -0.4 is 10.2 Å². The Morgan fingerprint density at radius 3 is 2.30 bits per heavy atom. The first-order valence-electron chi connectivity index (χ1n) is 12.1. The number of aryl methyl sites for hydroxylation is 1. The van der Waals surface area contributed by atoms with Gasteiger partial charge in [-0.2, -0.15) is 0 Å². The van der Waals surface area contributed by atoms with Crippen LogP contribution in [0.5, 0.6) is 0 Å². The molecule has 1 aromatic heterocycles. The van der Waals surface area contributed by atoms with Crippen LogP contribution in [0.2, 0.25) is 0 Å². The number of carbonyl (C=O) groups excluding carboxylic acids is 2. The van der Waals surface area contributed by atoms with Crippen molar-refractivity contribution >= 4 is 46.7 Å². The van der Waals surface area contributed by atoms with Gasteiger partial charge in [0.15, 0.2) is 11.0 Å². The Morgan fingerprint density at radius 1 is 0.973 bits per heavy atom. The fraction of sp³-hybridized carbons (Fsp3) is 0.214. The van der Waals surface area contributed by atoms with E-state index in [1.165, 1.54) is 11.8 Å². The Balaban J connectivity index is 1.32. The summed E-state index contributed by atoms with van der Waals surface area (Å²) in [5.41, 5.74) is 3.41. The molecule has 0 aliphatic carbocycles. The molecule has 3 aromatic carbocycles.